The van der Waals surface area contributed by atoms with Gasteiger partial charge in [-0.2, -0.15) is 0 Å². The normalized spacial score (nSPS) is 10.9. The molecule has 0 bridgehead atoms. The standard InChI is InChI=1S/C19H18ClN3O4S/c1-9-6-10(8-26-2)14-15(21)16(28-18(14)22-9)17(24)23-11-4-5-13(20)12(7-11)19(25)27-3/h4-7H,8,21H2,1-3H3,(H,23,24). The van der Waals surface area contributed by atoms with E-state index in [1.54, 1.807) is 13.2 Å². The van der Waals surface area contributed by atoms with Crippen LogP contribution in [0.1, 0.15) is 31.3 Å². The Kier molecular flexibility index (Phi) is 5.83. The third-order valence-corrected chi connectivity index (χ3v) is 5.47. The number of nitrogen functional groups attached to an aromatic ring is 1. The molecule has 3 aromatic rings. The van der Waals surface area contributed by atoms with E-state index in [1.807, 2.05) is 13.0 Å². The molecular weight excluding hydrogens is 402 g/mol. The molecule has 146 valence electrons. The van der Waals surface area contributed by atoms with E-state index in [0.29, 0.717) is 33.1 Å². The van der Waals surface area contributed by atoms with Crippen LogP contribution in [0.25, 0.3) is 10.2 Å². The highest BCUT2D eigenvalue weighted by Gasteiger charge is 2.21. The molecule has 7 nitrogen and oxygen atoms in total. The number of pyridine rings is 1. The predicted molar refractivity (Wildman–Crippen MR) is 110 cm³/mol. The van der Waals surface area contributed by atoms with E-state index in [1.165, 1.54) is 30.6 Å². The molecule has 0 saturated heterocycles. The second kappa shape index (κ2) is 8.14. The number of nitrogens with one attached hydrogen (secondary N) is 1. The highest BCUT2D eigenvalue weighted by atomic mass is 35.5. The first-order chi connectivity index (χ1) is 13.3. The minimum atomic E-state index is -0.591. The lowest BCUT2D eigenvalue weighted by atomic mass is 10.1. The Hall–Kier alpha value is -2.68. The minimum absolute atomic E-state index is 0.158. The number of esters is 1. The maximum Gasteiger partial charge on any atom is 0.339 e. The van der Waals surface area contributed by atoms with E-state index in [2.05, 4.69) is 10.3 Å². The van der Waals surface area contributed by atoms with Crippen LogP contribution in [-0.4, -0.2) is 31.1 Å². The summed E-state index contributed by atoms with van der Waals surface area (Å²) >= 11 is 7.21. The van der Waals surface area contributed by atoms with Crippen molar-refractivity contribution in [2.24, 2.45) is 0 Å². The number of anilines is 2. The number of benzene rings is 1. The van der Waals surface area contributed by atoms with E-state index in [4.69, 9.17) is 26.8 Å². The summed E-state index contributed by atoms with van der Waals surface area (Å²) in [6.07, 6.45) is 0. The molecule has 0 aliphatic rings. The Labute approximate surface area is 170 Å². The van der Waals surface area contributed by atoms with Gasteiger partial charge in [-0.05, 0) is 36.8 Å². The predicted octanol–water partition coefficient (Wildman–Crippen LogP) is 4.03. The number of methoxy groups -OCH3 is 2. The number of carbonyl (C=O) groups is 2. The molecule has 0 saturated carbocycles. The highest BCUT2D eigenvalue weighted by Crippen LogP contribution is 2.36. The first kappa shape index (κ1) is 20.1. The van der Waals surface area contributed by atoms with Gasteiger partial charge in [-0.15, -0.1) is 11.3 Å². The molecule has 9 heteroatoms. The van der Waals surface area contributed by atoms with Gasteiger partial charge in [0.1, 0.15) is 9.71 Å². The van der Waals surface area contributed by atoms with Crippen molar-refractivity contribution in [3.8, 4) is 0 Å². The molecule has 1 aromatic carbocycles. The molecule has 2 aromatic heterocycles. The summed E-state index contributed by atoms with van der Waals surface area (Å²) in [5.74, 6) is -0.994. The summed E-state index contributed by atoms with van der Waals surface area (Å²) in [4.78, 5) is 30.1. The lowest BCUT2D eigenvalue weighted by Gasteiger charge is -2.08. The lowest BCUT2D eigenvalue weighted by Crippen LogP contribution is -2.13. The number of halogens is 1. The van der Waals surface area contributed by atoms with Crippen molar-refractivity contribution in [2.75, 3.05) is 25.3 Å². The number of fused-ring (bicyclic) bond motifs is 1. The van der Waals surface area contributed by atoms with E-state index < -0.39 is 11.9 Å². The van der Waals surface area contributed by atoms with Crippen molar-refractivity contribution in [1.82, 2.24) is 4.98 Å². The molecule has 0 radical (unpaired) electrons. The van der Waals surface area contributed by atoms with Crippen molar-refractivity contribution in [3.05, 3.63) is 51.0 Å². The van der Waals surface area contributed by atoms with Crippen LogP contribution in [0.4, 0.5) is 11.4 Å². The smallest absolute Gasteiger partial charge is 0.339 e. The van der Waals surface area contributed by atoms with Gasteiger partial charge in [-0.25, -0.2) is 9.78 Å². The zero-order valence-corrected chi connectivity index (χ0v) is 17.0. The molecule has 0 atom stereocenters. The second-order valence-electron chi connectivity index (χ2n) is 6.02. The van der Waals surface area contributed by atoms with Crippen molar-refractivity contribution in [2.45, 2.75) is 13.5 Å². The summed E-state index contributed by atoms with van der Waals surface area (Å²) in [5.41, 5.74) is 8.84. The SMILES string of the molecule is COCc1cc(C)nc2sc(C(=O)Nc3ccc(Cl)c(C(=O)OC)c3)c(N)c12. The van der Waals surface area contributed by atoms with Crippen molar-refractivity contribution < 1.29 is 19.1 Å². The first-order valence-corrected chi connectivity index (χ1v) is 9.41. The van der Waals surface area contributed by atoms with Gasteiger partial charge in [-0.3, -0.25) is 4.79 Å². The number of hydrogen-bond acceptors (Lipinski definition) is 7. The topological polar surface area (TPSA) is 104 Å². The Morgan fingerprint density at radius 3 is 2.71 bits per heavy atom. The first-order valence-electron chi connectivity index (χ1n) is 8.22. The molecule has 0 spiro atoms. The van der Waals surface area contributed by atoms with Crippen LogP contribution in [-0.2, 0) is 16.1 Å². The maximum atomic E-state index is 12.8. The zero-order chi connectivity index (χ0) is 20.4. The zero-order valence-electron chi connectivity index (χ0n) is 15.5. The van der Waals surface area contributed by atoms with Crippen LogP contribution in [0.3, 0.4) is 0 Å². The molecule has 0 aliphatic heterocycles. The number of rotatable bonds is 5. The molecule has 2 heterocycles. The Balaban J connectivity index is 1.97. The van der Waals surface area contributed by atoms with E-state index >= 15 is 0 Å². The fourth-order valence-corrected chi connectivity index (χ4v) is 4.11. The van der Waals surface area contributed by atoms with Crippen molar-refractivity contribution in [3.63, 3.8) is 0 Å². The van der Waals surface area contributed by atoms with Gasteiger partial charge in [0, 0.05) is 23.9 Å². The average Bonchev–Trinajstić information content (AvgIpc) is 2.99. The van der Waals surface area contributed by atoms with Crippen LogP contribution in [0, 0.1) is 6.92 Å². The van der Waals surface area contributed by atoms with Crippen molar-refractivity contribution in [1.29, 1.82) is 0 Å². The summed E-state index contributed by atoms with van der Waals surface area (Å²) < 4.78 is 9.93. The Bertz CT molecular complexity index is 1080. The third kappa shape index (κ3) is 3.80. The molecule has 1 amide bonds. The minimum Gasteiger partial charge on any atom is -0.465 e. The summed E-state index contributed by atoms with van der Waals surface area (Å²) in [5, 5.41) is 3.69. The number of thiophene rings is 1. The summed E-state index contributed by atoms with van der Waals surface area (Å²) in [6.45, 7) is 2.23. The molecule has 0 fully saturated rings. The maximum absolute atomic E-state index is 12.8. The van der Waals surface area contributed by atoms with Gasteiger partial charge < -0.3 is 20.5 Å². The number of nitrogens with zero attached hydrogens (tertiary/aromatic N) is 1. The molecule has 3 N–H and O–H groups in total. The highest BCUT2D eigenvalue weighted by molar-refractivity contribution is 7.21. The number of aryl methyl sites for hydroxylation is 1. The molecule has 0 aliphatic carbocycles. The molecular formula is C19H18ClN3O4S. The second-order valence-corrected chi connectivity index (χ2v) is 7.43. The summed E-state index contributed by atoms with van der Waals surface area (Å²) in [6, 6.07) is 6.45. The van der Waals surface area contributed by atoms with Gasteiger partial charge in [0.2, 0.25) is 0 Å². The lowest BCUT2D eigenvalue weighted by molar-refractivity contribution is 0.0600. The van der Waals surface area contributed by atoms with Gasteiger partial charge in [0.25, 0.3) is 5.91 Å². The van der Waals surface area contributed by atoms with Crippen LogP contribution < -0.4 is 11.1 Å². The number of carbonyl (C=O) groups excluding carboxylic acids is 2. The fourth-order valence-electron chi connectivity index (χ4n) is 2.83. The van der Waals surface area contributed by atoms with Crippen LogP contribution in [0.2, 0.25) is 5.02 Å². The summed E-state index contributed by atoms with van der Waals surface area (Å²) in [7, 11) is 2.85. The van der Waals surface area contributed by atoms with Gasteiger partial charge in [0.05, 0.1) is 30.0 Å². The molecule has 0 unspecified atom stereocenters. The van der Waals surface area contributed by atoms with Crippen LogP contribution in [0.5, 0.6) is 0 Å². The van der Waals surface area contributed by atoms with Gasteiger partial charge in [-0.1, -0.05) is 11.6 Å². The van der Waals surface area contributed by atoms with Crippen LogP contribution in [0.15, 0.2) is 24.3 Å². The fraction of sp³-hybridized carbons (Fsp3) is 0.211. The largest absolute Gasteiger partial charge is 0.465 e. The number of nitrogens with two attached hydrogens (primary N) is 1. The number of hydrogen-bond donors (Lipinski definition) is 2. The molecule has 3 rings (SSSR count). The number of amides is 1. The Morgan fingerprint density at radius 2 is 2.04 bits per heavy atom. The van der Waals surface area contributed by atoms with Crippen LogP contribution >= 0.6 is 22.9 Å². The molecule has 28 heavy (non-hydrogen) atoms. The van der Waals surface area contributed by atoms with Gasteiger partial charge in [0.15, 0.2) is 0 Å². The number of ether oxygens (including phenoxy) is 2. The van der Waals surface area contributed by atoms with E-state index in [9.17, 15) is 9.59 Å². The average molecular weight is 420 g/mol. The van der Waals surface area contributed by atoms with Crippen molar-refractivity contribution >= 4 is 56.4 Å². The number of aromatic nitrogens is 1. The van der Waals surface area contributed by atoms with Gasteiger partial charge >= 0.3 is 5.97 Å². The van der Waals surface area contributed by atoms with E-state index in [-0.39, 0.29) is 10.6 Å². The Morgan fingerprint density at radius 1 is 1.29 bits per heavy atom. The third-order valence-electron chi connectivity index (χ3n) is 4.04. The monoisotopic (exact) mass is 419 g/mol. The quantitative estimate of drug-likeness (QED) is 0.605. The van der Waals surface area contributed by atoms with E-state index in [0.717, 1.165) is 11.3 Å².